The van der Waals surface area contributed by atoms with Gasteiger partial charge < -0.3 is 15.8 Å². The van der Waals surface area contributed by atoms with Gasteiger partial charge in [0.2, 0.25) is 5.96 Å². The van der Waals surface area contributed by atoms with Gasteiger partial charge in [0.15, 0.2) is 0 Å². The van der Waals surface area contributed by atoms with Crippen molar-refractivity contribution in [2.24, 2.45) is 5.73 Å². The van der Waals surface area contributed by atoms with Crippen molar-refractivity contribution >= 4 is 17.7 Å². The van der Waals surface area contributed by atoms with Crippen LogP contribution in [0.1, 0.15) is 12.5 Å². The van der Waals surface area contributed by atoms with E-state index in [0.717, 1.165) is 10.5 Å². The summed E-state index contributed by atoms with van der Waals surface area (Å²) in [6.07, 6.45) is 0. The zero-order valence-corrected chi connectivity index (χ0v) is 10.8. The molecular weight excluding hydrogens is 232 g/mol. The highest BCUT2D eigenvalue weighted by Gasteiger charge is 2.23. The minimum absolute atomic E-state index is 0.357. The Kier molecular flexibility index (Phi) is 4.53. The molecule has 0 aliphatic heterocycles. The summed E-state index contributed by atoms with van der Waals surface area (Å²) in [6.45, 7) is 4.15. The monoisotopic (exact) mass is 250 g/mol. The molecule has 0 unspecified atom stereocenters. The van der Waals surface area contributed by atoms with E-state index in [4.69, 9.17) is 15.9 Å². The SMILES string of the molecule is CCOc1cccc(C)c1N(C(=N)N)C(=O)NC. The minimum atomic E-state index is -0.474. The zero-order chi connectivity index (χ0) is 13.7. The topological polar surface area (TPSA) is 91.4 Å². The standard InChI is InChI=1S/C12H18N4O2/c1-4-18-9-7-5-6-8(2)10(9)16(11(13)14)12(17)15-3/h5-7H,4H2,1-3H3,(H3,13,14)(H,15,17). The molecule has 0 radical (unpaired) electrons. The van der Waals surface area contributed by atoms with Crippen LogP contribution in [-0.4, -0.2) is 25.6 Å². The van der Waals surface area contributed by atoms with Gasteiger partial charge in [-0.25, -0.2) is 9.69 Å². The molecule has 6 heteroatoms. The van der Waals surface area contributed by atoms with E-state index in [1.54, 1.807) is 6.07 Å². The molecule has 1 aromatic rings. The van der Waals surface area contributed by atoms with Gasteiger partial charge in [-0.05, 0) is 25.5 Å². The van der Waals surface area contributed by atoms with Crippen LogP contribution in [0, 0.1) is 12.3 Å². The number of rotatable bonds is 3. The van der Waals surface area contributed by atoms with Crippen molar-refractivity contribution in [3.8, 4) is 5.75 Å². The highest BCUT2D eigenvalue weighted by molar-refractivity contribution is 6.15. The number of nitrogens with two attached hydrogens (primary N) is 1. The van der Waals surface area contributed by atoms with Crippen molar-refractivity contribution in [2.75, 3.05) is 18.6 Å². The molecule has 0 aliphatic carbocycles. The number of hydrogen-bond acceptors (Lipinski definition) is 3. The van der Waals surface area contributed by atoms with Gasteiger partial charge >= 0.3 is 6.03 Å². The van der Waals surface area contributed by atoms with Gasteiger partial charge in [0.1, 0.15) is 5.75 Å². The molecule has 4 N–H and O–H groups in total. The van der Waals surface area contributed by atoms with E-state index in [-0.39, 0.29) is 5.96 Å². The van der Waals surface area contributed by atoms with E-state index in [1.807, 2.05) is 26.0 Å². The number of aryl methyl sites for hydroxylation is 1. The lowest BCUT2D eigenvalue weighted by Gasteiger charge is -2.24. The second-order valence-corrected chi connectivity index (χ2v) is 3.63. The normalized spacial score (nSPS) is 9.72. The van der Waals surface area contributed by atoms with E-state index in [0.29, 0.717) is 18.0 Å². The van der Waals surface area contributed by atoms with Crippen LogP contribution in [0.2, 0.25) is 0 Å². The second kappa shape index (κ2) is 5.90. The largest absolute Gasteiger partial charge is 0.492 e. The van der Waals surface area contributed by atoms with Crippen molar-refractivity contribution in [1.29, 1.82) is 5.41 Å². The molecule has 0 atom stereocenters. The number of para-hydroxylation sites is 1. The molecule has 0 heterocycles. The first-order valence-corrected chi connectivity index (χ1v) is 5.61. The van der Waals surface area contributed by atoms with Crippen LogP contribution < -0.4 is 20.7 Å². The van der Waals surface area contributed by atoms with E-state index in [1.165, 1.54) is 7.05 Å². The van der Waals surface area contributed by atoms with E-state index in [2.05, 4.69) is 5.32 Å². The number of benzene rings is 1. The van der Waals surface area contributed by atoms with E-state index in [9.17, 15) is 4.79 Å². The Balaban J connectivity index is 3.34. The number of carbonyl (C=O) groups is 1. The third-order valence-corrected chi connectivity index (χ3v) is 2.38. The highest BCUT2D eigenvalue weighted by atomic mass is 16.5. The number of nitrogens with zero attached hydrogens (tertiary/aromatic N) is 1. The summed E-state index contributed by atoms with van der Waals surface area (Å²) in [4.78, 5) is 12.9. The number of urea groups is 1. The second-order valence-electron chi connectivity index (χ2n) is 3.63. The first-order valence-electron chi connectivity index (χ1n) is 5.61. The summed E-state index contributed by atoms with van der Waals surface area (Å²) >= 11 is 0. The number of ether oxygens (including phenoxy) is 1. The van der Waals surface area contributed by atoms with Crippen molar-refractivity contribution < 1.29 is 9.53 Å². The Labute approximate surface area is 106 Å². The maximum Gasteiger partial charge on any atom is 0.328 e. The summed E-state index contributed by atoms with van der Waals surface area (Å²) in [5.74, 6) is 0.168. The summed E-state index contributed by atoms with van der Waals surface area (Å²) < 4.78 is 5.47. The third kappa shape index (κ3) is 2.71. The number of nitrogens with one attached hydrogen (secondary N) is 2. The molecular formula is C12H18N4O2. The van der Waals surface area contributed by atoms with Crippen molar-refractivity contribution in [3.63, 3.8) is 0 Å². The quantitative estimate of drug-likeness (QED) is 0.560. The number of amides is 2. The molecule has 0 aromatic heterocycles. The fraction of sp³-hybridized carbons (Fsp3) is 0.333. The van der Waals surface area contributed by atoms with Crippen LogP contribution in [0.15, 0.2) is 18.2 Å². The van der Waals surface area contributed by atoms with Gasteiger partial charge in [0, 0.05) is 7.05 Å². The lowest BCUT2D eigenvalue weighted by molar-refractivity contribution is 0.250. The molecule has 0 aliphatic rings. The zero-order valence-electron chi connectivity index (χ0n) is 10.8. The lowest BCUT2D eigenvalue weighted by atomic mass is 10.1. The van der Waals surface area contributed by atoms with E-state index < -0.39 is 6.03 Å². The predicted molar refractivity (Wildman–Crippen MR) is 71.2 cm³/mol. The maximum absolute atomic E-state index is 11.8. The first-order chi connectivity index (χ1) is 8.52. The van der Waals surface area contributed by atoms with Gasteiger partial charge in [-0.3, -0.25) is 5.41 Å². The predicted octanol–water partition coefficient (Wildman–Crippen LogP) is 1.43. The molecule has 98 valence electrons. The fourth-order valence-corrected chi connectivity index (χ4v) is 1.63. The number of carbonyl (C=O) groups excluding carboxylic acids is 1. The fourth-order valence-electron chi connectivity index (χ4n) is 1.63. The molecule has 0 saturated carbocycles. The Bertz CT molecular complexity index is 459. The van der Waals surface area contributed by atoms with Crippen LogP contribution >= 0.6 is 0 Å². The van der Waals surface area contributed by atoms with Gasteiger partial charge in [0.25, 0.3) is 0 Å². The smallest absolute Gasteiger partial charge is 0.328 e. The summed E-state index contributed by atoms with van der Waals surface area (Å²) in [6, 6.07) is 4.92. The molecule has 2 amide bonds. The molecule has 0 spiro atoms. The average Bonchev–Trinajstić information content (AvgIpc) is 2.32. The van der Waals surface area contributed by atoms with Gasteiger partial charge in [-0.1, -0.05) is 12.1 Å². The number of hydrogen-bond donors (Lipinski definition) is 3. The third-order valence-electron chi connectivity index (χ3n) is 2.38. The average molecular weight is 250 g/mol. The molecule has 0 bridgehead atoms. The van der Waals surface area contributed by atoms with Crippen LogP contribution in [0.4, 0.5) is 10.5 Å². The Morgan fingerprint density at radius 3 is 2.72 bits per heavy atom. The Morgan fingerprint density at radius 1 is 1.56 bits per heavy atom. The van der Waals surface area contributed by atoms with Crippen molar-refractivity contribution in [3.05, 3.63) is 23.8 Å². The first kappa shape index (κ1) is 13.8. The van der Waals surface area contributed by atoms with Crippen LogP contribution in [0.3, 0.4) is 0 Å². The van der Waals surface area contributed by atoms with Crippen LogP contribution in [0.25, 0.3) is 0 Å². The lowest BCUT2D eigenvalue weighted by Crippen LogP contribution is -2.46. The van der Waals surface area contributed by atoms with E-state index >= 15 is 0 Å². The van der Waals surface area contributed by atoms with Gasteiger partial charge in [0.05, 0.1) is 12.3 Å². The van der Waals surface area contributed by atoms with Gasteiger partial charge in [-0.15, -0.1) is 0 Å². The molecule has 18 heavy (non-hydrogen) atoms. The van der Waals surface area contributed by atoms with Gasteiger partial charge in [-0.2, -0.15) is 0 Å². The molecule has 0 saturated heterocycles. The number of guanidine groups is 1. The minimum Gasteiger partial charge on any atom is -0.492 e. The Morgan fingerprint density at radius 2 is 2.22 bits per heavy atom. The summed E-state index contributed by atoms with van der Waals surface area (Å²) in [5, 5.41) is 9.99. The highest BCUT2D eigenvalue weighted by Crippen LogP contribution is 2.31. The molecule has 6 nitrogen and oxygen atoms in total. The molecule has 0 fully saturated rings. The Hall–Kier alpha value is -2.24. The maximum atomic E-state index is 11.8. The van der Waals surface area contributed by atoms with Crippen LogP contribution in [-0.2, 0) is 0 Å². The molecule has 1 aromatic carbocycles. The van der Waals surface area contributed by atoms with Crippen molar-refractivity contribution in [2.45, 2.75) is 13.8 Å². The van der Waals surface area contributed by atoms with Crippen LogP contribution in [0.5, 0.6) is 5.75 Å². The van der Waals surface area contributed by atoms with Crippen molar-refractivity contribution in [1.82, 2.24) is 5.32 Å². The summed E-state index contributed by atoms with van der Waals surface area (Å²) in [7, 11) is 1.48. The number of anilines is 1. The summed E-state index contributed by atoms with van der Waals surface area (Å²) in [5.41, 5.74) is 6.77. The molecule has 1 rings (SSSR count).